The minimum atomic E-state index is -0.451. The van der Waals surface area contributed by atoms with Crippen LogP contribution in [0, 0.1) is 5.41 Å². The zero-order valence-electron chi connectivity index (χ0n) is 15.3. The van der Waals surface area contributed by atoms with Crippen molar-refractivity contribution in [3.05, 3.63) is 30.4 Å². The van der Waals surface area contributed by atoms with Gasteiger partial charge in [-0.3, -0.25) is 19.0 Å². The number of anilines is 1. The smallest absolute Gasteiger partial charge is 0.235 e. The summed E-state index contributed by atoms with van der Waals surface area (Å²) in [5, 5.41) is 8.46. The summed E-state index contributed by atoms with van der Waals surface area (Å²) >= 11 is 0. The summed E-state index contributed by atoms with van der Waals surface area (Å²) in [4.78, 5) is 29.5. The molecule has 26 heavy (non-hydrogen) atoms. The van der Waals surface area contributed by atoms with Crippen molar-refractivity contribution in [2.45, 2.75) is 25.7 Å². The first-order chi connectivity index (χ1) is 12.5. The average molecular weight is 356 g/mol. The maximum Gasteiger partial charge on any atom is 0.235 e. The van der Waals surface area contributed by atoms with Gasteiger partial charge in [0.05, 0.1) is 29.4 Å². The summed E-state index contributed by atoms with van der Waals surface area (Å²) in [6.07, 6.45) is 8.21. The van der Waals surface area contributed by atoms with Gasteiger partial charge in [-0.25, -0.2) is 0 Å². The Hall–Kier alpha value is -2.64. The number of amides is 2. The highest BCUT2D eigenvalue weighted by atomic mass is 16.2. The van der Waals surface area contributed by atoms with Crippen molar-refractivity contribution in [2.75, 3.05) is 24.5 Å². The van der Waals surface area contributed by atoms with Gasteiger partial charge >= 0.3 is 0 Å². The summed E-state index contributed by atoms with van der Waals surface area (Å²) < 4.78 is 3.41. The second-order valence-corrected chi connectivity index (χ2v) is 7.44. The third-order valence-electron chi connectivity index (χ3n) is 5.55. The van der Waals surface area contributed by atoms with E-state index in [-0.39, 0.29) is 18.2 Å². The van der Waals surface area contributed by atoms with Crippen molar-refractivity contribution in [1.82, 2.24) is 24.5 Å². The zero-order chi connectivity index (χ0) is 18.3. The van der Waals surface area contributed by atoms with Crippen molar-refractivity contribution in [2.24, 2.45) is 19.5 Å². The molecule has 0 saturated carbocycles. The van der Waals surface area contributed by atoms with Crippen LogP contribution in [-0.4, -0.2) is 55.9 Å². The first-order valence-corrected chi connectivity index (χ1v) is 9.04. The molecule has 2 saturated heterocycles. The Morgan fingerprint density at radius 1 is 1.23 bits per heavy atom. The third kappa shape index (κ3) is 2.89. The number of aromatic nitrogens is 4. The number of nitrogens with zero attached hydrogens (tertiary/aromatic N) is 6. The minimum absolute atomic E-state index is 0.0513. The van der Waals surface area contributed by atoms with Crippen LogP contribution in [0.15, 0.2) is 24.7 Å². The number of hydrogen-bond donors (Lipinski definition) is 0. The molecule has 2 amide bonds. The van der Waals surface area contributed by atoms with Crippen molar-refractivity contribution >= 4 is 17.5 Å². The molecule has 1 spiro atoms. The summed E-state index contributed by atoms with van der Waals surface area (Å²) in [6, 6.07) is 1.86. The Labute approximate surface area is 152 Å². The molecule has 0 bridgehead atoms. The Morgan fingerprint density at radius 3 is 2.77 bits per heavy atom. The summed E-state index contributed by atoms with van der Waals surface area (Å²) in [5.74, 6) is 0.177. The van der Waals surface area contributed by atoms with E-state index in [1.54, 1.807) is 15.6 Å². The van der Waals surface area contributed by atoms with Crippen LogP contribution in [0.25, 0.3) is 0 Å². The maximum atomic E-state index is 13.2. The molecule has 0 aliphatic carbocycles. The van der Waals surface area contributed by atoms with E-state index in [0.29, 0.717) is 19.6 Å². The van der Waals surface area contributed by atoms with Crippen LogP contribution in [0.1, 0.15) is 25.0 Å². The Kier molecular flexibility index (Phi) is 4.05. The molecule has 0 aromatic carbocycles. The highest BCUT2D eigenvalue weighted by Gasteiger charge is 2.50. The van der Waals surface area contributed by atoms with Crippen LogP contribution in [0.3, 0.4) is 0 Å². The summed E-state index contributed by atoms with van der Waals surface area (Å²) in [7, 11) is 3.69. The van der Waals surface area contributed by atoms with E-state index in [4.69, 9.17) is 0 Å². The van der Waals surface area contributed by atoms with Gasteiger partial charge in [-0.15, -0.1) is 0 Å². The lowest BCUT2D eigenvalue weighted by Crippen LogP contribution is -2.50. The molecule has 8 nitrogen and oxygen atoms in total. The Morgan fingerprint density at radius 2 is 2.08 bits per heavy atom. The molecule has 0 N–H and O–H groups in total. The zero-order valence-corrected chi connectivity index (χ0v) is 15.3. The molecule has 2 aliphatic rings. The maximum absolute atomic E-state index is 13.2. The van der Waals surface area contributed by atoms with Crippen molar-refractivity contribution in [3.63, 3.8) is 0 Å². The van der Waals surface area contributed by atoms with E-state index < -0.39 is 5.41 Å². The van der Waals surface area contributed by atoms with Gasteiger partial charge in [0.15, 0.2) is 0 Å². The lowest BCUT2D eigenvalue weighted by molar-refractivity contribution is -0.138. The van der Waals surface area contributed by atoms with Crippen molar-refractivity contribution in [1.29, 1.82) is 0 Å². The fourth-order valence-electron chi connectivity index (χ4n) is 4.16. The van der Waals surface area contributed by atoms with Gasteiger partial charge in [-0.05, 0) is 25.3 Å². The van der Waals surface area contributed by atoms with E-state index in [1.807, 2.05) is 42.4 Å². The lowest BCUT2D eigenvalue weighted by atomic mass is 9.78. The van der Waals surface area contributed by atoms with E-state index in [0.717, 1.165) is 30.6 Å². The number of carbonyl (C=O) groups is 2. The largest absolute Gasteiger partial charge is 0.341 e. The third-order valence-corrected chi connectivity index (χ3v) is 5.55. The SMILES string of the molecule is Cn1cc(N2CCC3(CCCN(C(=O)Cc4ccn(C)n4)C3)C2=O)cn1. The highest BCUT2D eigenvalue weighted by Crippen LogP contribution is 2.41. The first kappa shape index (κ1) is 16.8. The predicted molar refractivity (Wildman–Crippen MR) is 95.3 cm³/mol. The molecule has 2 aromatic heterocycles. The van der Waals surface area contributed by atoms with Gasteiger partial charge in [0.2, 0.25) is 11.8 Å². The highest BCUT2D eigenvalue weighted by molar-refractivity contribution is 6.00. The number of hydrogen-bond acceptors (Lipinski definition) is 4. The molecule has 1 unspecified atom stereocenters. The standard InChI is InChI=1S/C18H24N6O2/c1-21-8-4-14(20-21)10-16(25)23-7-3-5-18(13-23)6-9-24(17(18)26)15-11-19-22(2)12-15/h4,8,11-12H,3,5-7,9-10,13H2,1-2H3. The van der Waals surface area contributed by atoms with Crippen LogP contribution in [0.5, 0.6) is 0 Å². The van der Waals surface area contributed by atoms with Gasteiger partial charge in [0.25, 0.3) is 0 Å². The van der Waals surface area contributed by atoms with E-state index in [9.17, 15) is 9.59 Å². The van der Waals surface area contributed by atoms with E-state index >= 15 is 0 Å². The number of rotatable bonds is 3. The fraction of sp³-hybridized carbons (Fsp3) is 0.556. The molecule has 8 heteroatoms. The number of carbonyl (C=O) groups excluding carboxylic acids is 2. The van der Waals surface area contributed by atoms with Gasteiger partial charge in [0.1, 0.15) is 0 Å². The van der Waals surface area contributed by atoms with Gasteiger partial charge in [0, 0.05) is 46.1 Å². The number of likely N-dealkylation sites (tertiary alicyclic amines) is 1. The molecule has 4 rings (SSSR count). The summed E-state index contributed by atoms with van der Waals surface area (Å²) in [6.45, 7) is 1.91. The number of aryl methyl sites for hydroxylation is 2. The van der Waals surface area contributed by atoms with Gasteiger partial charge in [-0.2, -0.15) is 10.2 Å². The van der Waals surface area contributed by atoms with Crippen LogP contribution in [-0.2, 0) is 30.1 Å². The summed E-state index contributed by atoms with van der Waals surface area (Å²) in [5.41, 5.74) is 1.16. The van der Waals surface area contributed by atoms with Gasteiger partial charge < -0.3 is 9.80 Å². The molecule has 2 aliphatic heterocycles. The Bertz CT molecular complexity index is 840. The van der Waals surface area contributed by atoms with Crippen LogP contribution >= 0.6 is 0 Å². The van der Waals surface area contributed by atoms with Crippen LogP contribution < -0.4 is 4.90 Å². The van der Waals surface area contributed by atoms with Crippen LogP contribution in [0.2, 0.25) is 0 Å². The van der Waals surface area contributed by atoms with Gasteiger partial charge in [-0.1, -0.05) is 0 Å². The average Bonchev–Trinajstić information content (AvgIpc) is 3.30. The molecule has 2 aromatic rings. The first-order valence-electron chi connectivity index (χ1n) is 9.04. The minimum Gasteiger partial charge on any atom is -0.341 e. The molecule has 1 atom stereocenters. The van der Waals surface area contributed by atoms with Crippen molar-refractivity contribution < 1.29 is 9.59 Å². The molecule has 0 radical (unpaired) electrons. The van der Waals surface area contributed by atoms with E-state index in [1.165, 1.54) is 0 Å². The quantitative estimate of drug-likeness (QED) is 0.813. The number of piperidine rings is 1. The van der Waals surface area contributed by atoms with Crippen LogP contribution in [0.4, 0.5) is 5.69 Å². The van der Waals surface area contributed by atoms with Crippen molar-refractivity contribution in [3.8, 4) is 0 Å². The molecule has 2 fully saturated rings. The second kappa shape index (κ2) is 6.26. The molecular formula is C18H24N6O2. The fourth-order valence-corrected chi connectivity index (χ4v) is 4.16. The molecule has 138 valence electrons. The molecular weight excluding hydrogens is 332 g/mol. The normalized spacial score (nSPS) is 23.2. The lowest BCUT2D eigenvalue weighted by Gasteiger charge is -2.39. The van der Waals surface area contributed by atoms with E-state index in [2.05, 4.69) is 10.2 Å². The Balaban J connectivity index is 1.47. The second-order valence-electron chi connectivity index (χ2n) is 7.44. The topological polar surface area (TPSA) is 76.3 Å². The predicted octanol–water partition coefficient (Wildman–Crippen LogP) is 0.742. The molecule has 4 heterocycles. The monoisotopic (exact) mass is 356 g/mol.